The molecule has 3 rings (SSSR count). The highest BCUT2D eigenvalue weighted by Gasteiger charge is 2.29. The first-order valence-electron chi connectivity index (χ1n) is 9.35. The molecule has 1 aliphatic rings. The molecular weight excluding hydrogens is 340 g/mol. The monoisotopic (exact) mass is 366 g/mol. The Kier molecular flexibility index (Phi) is 5.87. The number of carbonyl (C=O) groups is 1. The number of nitrogens with one attached hydrogen (secondary N) is 1. The molecule has 1 aliphatic heterocycles. The summed E-state index contributed by atoms with van der Waals surface area (Å²) in [4.78, 5) is 28.6. The van der Waals surface area contributed by atoms with Crippen LogP contribution in [0.5, 0.6) is 0 Å². The number of nitriles is 1. The predicted octanol–water partition coefficient (Wildman–Crippen LogP) is 2.33. The summed E-state index contributed by atoms with van der Waals surface area (Å²) in [6, 6.07) is 7.71. The number of carbonyl (C=O) groups excluding carboxylic acids is 1. The molecule has 2 atom stereocenters. The summed E-state index contributed by atoms with van der Waals surface area (Å²) in [5.74, 6) is 0.964. The van der Waals surface area contributed by atoms with Crippen LogP contribution in [0.15, 0.2) is 24.4 Å². The lowest BCUT2D eigenvalue weighted by molar-refractivity contribution is -0.132. The van der Waals surface area contributed by atoms with E-state index < -0.39 is 0 Å². The number of H-pyrrole nitrogens is 1. The molecule has 0 aromatic carbocycles. The molecule has 27 heavy (non-hydrogen) atoms. The zero-order valence-corrected chi connectivity index (χ0v) is 16.1. The van der Waals surface area contributed by atoms with Gasteiger partial charge in [0.25, 0.3) is 0 Å². The van der Waals surface area contributed by atoms with E-state index in [1.165, 1.54) is 0 Å². The van der Waals surface area contributed by atoms with Crippen molar-refractivity contribution in [2.75, 3.05) is 26.7 Å². The molecule has 7 nitrogen and oxygen atoms in total. The van der Waals surface area contributed by atoms with Crippen molar-refractivity contribution < 1.29 is 4.79 Å². The number of amides is 1. The molecule has 7 heteroatoms. The van der Waals surface area contributed by atoms with Crippen molar-refractivity contribution in [3.05, 3.63) is 35.8 Å². The molecule has 3 heterocycles. The number of aromatic amines is 1. The van der Waals surface area contributed by atoms with Gasteiger partial charge in [-0.05, 0) is 38.9 Å². The fourth-order valence-corrected chi connectivity index (χ4v) is 3.72. The molecule has 2 aromatic heterocycles. The summed E-state index contributed by atoms with van der Waals surface area (Å²) in [6.45, 7) is 5.84. The quantitative estimate of drug-likeness (QED) is 0.847. The number of imidazole rings is 1. The van der Waals surface area contributed by atoms with Crippen molar-refractivity contribution in [2.45, 2.75) is 38.6 Å². The van der Waals surface area contributed by atoms with Crippen LogP contribution in [-0.4, -0.2) is 63.4 Å². The van der Waals surface area contributed by atoms with Gasteiger partial charge in [0.15, 0.2) is 5.82 Å². The molecule has 0 spiro atoms. The van der Waals surface area contributed by atoms with Crippen LogP contribution in [0.25, 0.3) is 11.5 Å². The first-order valence-corrected chi connectivity index (χ1v) is 9.35. The summed E-state index contributed by atoms with van der Waals surface area (Å²) < 4.78 is 0. The van der Waals surface area contributed by atoms with Gasteiger partial charge in [0, 0.05) is 30.9 Å². The summed E-state index contributed by atoms with van der Waals surface area (Å²) in [5.41, 5.74) is 2.83. The number of hydrogen-bond donors (Lipinski definition) is 1. The fourth-order valence-electron chi connectivity index (χ4n) is 3.72. The highest BCUT2D eigenvalue weighted by molar-refractivity contribution is 5.79. The van der Waals surface area contributed by atoms with Gasteiger partial charge in [-0.2, -0.15) is 5.26 Å². The third kappa shape index (κ3) is 4.34. The highest BCUT2D eigenvalue weighted by atomic mass is 16.2. The zero-order valence-electron chi connectivity index (χ0n) is 16.1. The maximum Gasteiger partial charge on any atom is 0.237 e. The number of hydrogen-bond acceptors (Lipinski definition) is 5. The lowest BCUT2D eigenvalue weighted by Gasteiger charge is -2.25. The van der Waals surface area contributed by atoms with Gasteiger partial charge in [-0.15, -0.1) is 0 Å². The summed E-state index contributed by atoms with van der Waals surface area (Å²) in [6.07, 6.45) is 3.44. The van der Waals surface area contributed by atoms with Crippen molar-refractivity contribution >= 4 is 5.91 Å². The Morgan fingerprint density at radius 1 is 1.52 bits per heavy atom. The van der Waals surface area contributed by atoms with Gasteiger partial charge >= 0.3 is 0 Å². The molecular formula is C20H26N6O. The molecule has 0 saturated carbocycles. The minimum Gasteiger partial charge on any atom is -0.341 e. The number of likely N-dealkylation sites (N-methyl/N-ethyl adjacent to an activating group) is 1. The van der Waals surface area contributed by atoms with Crippen molar-refractivity contribution in [1.29, 1.82) is 5.26 Å². The number of rotatable bonds is 6. The minimum absolute atomic E-state index is 0.0293. The molecule has 142 valence electrons. The van der Waals surface area contributed by atoms with Crippen LogP contribution in [0.4, 0.5) is 0 Å². The fraction of sp³-hybridized carbons (Fsp3) is 0.500. The average Bonchev–Trinajstić information content (AvgIpc) is 3.28. The van der Waals surface area contributed by atoms with Crippen LogP contribution in [0.2, 0.25) is 0 Å². The summed E-state index contributed by atoms with van der Waals surface area (Å²) >= 11 is 0. The van der Waals surface area contributed by atoms with E-state index in [4.69, 9.17) is 10.2 Å². The standard InChI is InChI=1S/C20H26N6O/c1-14(12-25(3)13-18(27)26-10-6-7-16(26)11-21)19-15(2)23-20(24-19)17-8-4-5-9-22-17/h4-5,8-9,14,16H,6-7,10,12-13H2,1-3H3,(H,23,24)/t14?,16-/m0/s1. The molecule has 1 fully saturated rings. The summed E-state index contributed by atoms with van der Waals surface area (Å²) in [7, 11) is 1.94. The lowest BCUT2D eigenvalue weighted by atomic mass is 10.1. The Bertz CT molecular complexity index is 825. The van der Waals surface area contributed by atoms with Crippen molar-refractivity contribution in [3.8, 4) is 17.6 Å². The molecule has 1 amide bonds. The molecule has 1 unspecified atom stereocenters. The van der Waals surface area contributed by atoms with E-state index in [9.17, 15) is 4.79 Å². The Labute approximate surface area is 160 Å². The van der Waals surface area contributed by atoms with Gasteiger partial charge in [0.2, 0.25) is 5.91 Å². The average molecular weight is 366 g/mol. The lowest BCUT2D eigenvalue weighted by Crippen LogP contribution is -2.42. The Hall–Kier alpha value is -2.72. The van der Waals surface area contributed by atoms with Gasteiger partial charge in [0.1, 0.15) is 11.7 Å². The highest BCUT2D eigenvalue weighted by Crippen LogP contribution is 2.23. The third-order valence-electron chi connectivity index (χ3n) is 5.01. The molecule has 1 saturated heterocycles. The maximum atomic E-state index is 12.5. The Morgan fingerprint density at radius 2 is 2.33 bits per heavy atom. The second kappa shape index (κ2) is 8.31. The van der Waals surface area contributed by atoms with E-state index >= 15 is 0 Å². The van der Waals surface area contributed by atoms with E-state index in [0.717, 1.165) is 35.7 Å². The number of pyridine rings is 1. The molecule has 0 bridgehead atoms. The number of aryl methyl sites for hydroxylation is 1. The van der Waals surface area contributed by atoms with Crippen molar-refractivity contribution in [3.63, 3.8) is 0 Å². The van der Waals surface area contributed by atoms with Crippen molar-refractivity contribution in [1.82, 2.24) is 24.8 Å². The van der Waals surface area contributed by atoms with Crippen LogP contribution >= 0.6 is 0 Å². The Morgan fingerprint density at radius 3 is 3.04 bits per heavy atom. The van der Waals surface area contributed by atoms with Gasteiger partial charge in [-0.1, -0.05) is 13.0 Å². The van der Waals surface area contributed by atoms with Crippen LogP contribution in [0.1, 0.15) is 37.1 Å². The third-order valence-corrected chi connectivity index (χ3v) is 5.01. The number of aromatic nitrogens is 3. The maximum absolute atomic E-state index is 12.5. The van der Waals surface area contributed by atoms with Crippen LogP contribution in [0.3, 0.4) is 0 Å². The zero-order chi connectivity index (χ0) is 19.4. The second-order valence-corrected chi connectivity index (χ2v) is 7.28. The van der Waals surface area contributed by atoms with Crippen LogP contribution < -0.4 is 0 Å². The normalized spacial score (nSPS) is 17.9. The predicted molar refractivity (Wildman–Crippen MR) is 103 cm³/mol. The largest absolute Gasteiger partial charge is 0.341 e. The van der Waals surface area contributed by atoms with Crippen LogP contribution in [0, 0.1) is 18.3 Å². The van der Waals surface area contributed by atoms with Gasteiger partial charge in [-0.25, -0.2) is 4.98 Å². The SMILES string of the molecule is Cc1[nH]c(-c2ccccn2)nc1C(C)CN(C)CC(=O)N1CCC[C@H]1C#N. The first kappa shape index (κ1) is 19.1. The van der Waals surface area contributed by atoms with Gasteiger partial charge in [0.05, 0.1) is 18.3 Å². The first-order chi connectivity index (χ1) is 13.0. The van der Waals surface area contributed by atoms with E-state index in [0.29, 0.717) is 19.6 Å². The topological polar surface area (TPSA) is 88.9 Å². The van der Waals surface area contributed by atoms with E-state index in [-0.39, 0.29) is 17.9 Å². The van der Waals surface area contributed by atoms with Gasteiger partial charge in [-0.3, -0.25) is 14.7 Å². The smallest absolute Gasteiger partial charge is 0.237 e. The van der Waals surface area contributed by atoms with E-state index in [1.54, 1.807) is 11.1 Å². The van der Waals surface area contributed by atoms with Gasteiger partial charge < -0.3 is 9.88 Å². The molecule has 0 aliphatic carbocycles. The van der Waals surface area contributed by atoms with Crippen molar-refractivity contribution in [2.24, 2.45) is 0 Å². The number of nitrogens with zero attached hydrogens (tertiary/aromatic N) is 5. The second-order valence-electron chi connectivity index (χ2n) is 7.28. The minimum atomic E-state index is -0.266. The van der Waals surface area contributed by atoms with E-state index in [1.807, 2.05) is 37.1 Å². The summed E-state index contributed by atoms with van der Waals surface area (Å²) in [5, 5.41) is 9.17. The Balaban J connectivity index is 1.62. The molecule has 2 aromatic rings. The number of likely N-dealkylation sites (tertiary alicyclic amines) is 1. The molecule has 0 radical (unpaired) electrons. The van der Waals surface area contributed by atoms with E-state index in [2.05, 4.69) is 23.0 Å². The van der Waals surface area contributed by atoms with Crippen LogP contribution in [-0.2, 0) is 4.79 Å². The molecule has 1 N–H and O–H groups in total.